The zero-order valence-electron chi connectivity index (χ0n) is 12.6. The summed E-state index contributed by atoms with van der Waals surface area (Å²) in [6, 6.07) is 5.47. The Hall–Kier alpha value is -1.36. The van der Waals surface area contributed by atoms with Gasteiger partial charge in [-0.2, -0.15) is 0 Å². The maximum absolute atomic E-state index is 12.0. The highest BCUT2D eigenvalue weighted by atomic mass is 32.2. The summed E-state index contributed by atoms with van der Waals surface area (Å²) in [7, 11) is -0.766. The van der Waals surface area contributed by atoms with Crippen LogP contribution >= 0.6 is 0 Å². The molecule has 1 aromatic carbocycles. The lowest BCUT2D eigenvalue weighted by Gasteiger charge is -2.10. The summed E-state index contributed by atoms with van der Waals surface area (Å²) in [5.41, 5.74) is 8.11. The summed E-state index contributed by atoms with van der Waals surface area (Å²) >= 11 is 0. The first kappa shape index (κ1) is 16.0. The molecule has 1 aliphatic rings. The van der Waals surface area contributed by atoms with Crippen molar-refractivity contribution in [2.75, 3.05) is 16.8 Å². The number of hydrogen-bond acceptors (Lipinski definition) is 3. The van der Waals surface area contributed by atoms with E-state index in [1.54, 1.807) is 6.07 Å². The number of nitrogens with one attached hydrogen (secondary N) is 1. The number of nitrogens with two attached hydrogens (primary N) is 1. The van der Waals surface area contributed by atoms with Crippen molar-refractivity contribution >= 4 is 28.1 Å². The lowest BCUT2D eigenvalue weighted by atomic mass is 10.1. The molecule has 0 heterocycles. The Morgan fingerprint density at radius 1 is 1.38 bits per heavy atom. The standard InChI is InChI=1S/C16H24N2O2S/c1-12-8-9-13(17)11-15(12)18-16(19)7-4-10-21(20)14-5-2-3-6-14/h8-9,11,14H,2-7,10,17H2,1H3,(H,18,19). The minimum absolute atomic E-state index is 0.0351. The lowest BCUT2D eigenvalue weighted by molar-refractivity contribution is -0.116. The monoisotopic (exact) mass is 308 g/mol. The molecule has 0 bridgehead atoms. The number of carbonyl (C=O) groups is 1. The highest BCUT2D eigenvalue weighted by Gasteiger charge is 2.20. The molecule has 5 heteroatoms. The Morgan fingerprint density at radius 3 is 2.81 bits per heavy atom. The van der Waals surface area contributed by atoms with Gasteiger partial charge in [-0.1, -0.05) is 18.9 Å². The Kier molecular flexibility index (Phi) is 5.79. The number of rotatable bonds is 6. The number of hydrogen-bond donors (Lipinski definition) is 2. The molecule has 1 saturated carbocycles. The first-order valence-corrected chi connectivity index (χ1v) is 8.97. The Bertz CT molecular complexity index is 525. The summed E-state index contributed by atoms with van der Waals surface area (Å²) in [6.07, 6.45) is 5.66. The summed E-state index contributed by atoms with van der Waals surface area (Å²) in [4.78, 5) is 11.9. The zero-order valence-corrected chi connectivity index (χ0v) is 13.4. The van der Waals surface area contributed by atoms with Gasteiger partial charge in [-0.3, -0.25) is 9.00 Å². The van der Waals surface area contributed by atoms with Crippen molar-refractivity contribution in [3.63, 3.8) is 0 Å². The first-order chi connectivity index (χ1) is 10.1. The maximum atomic E-state index is 12.0. The third-order valence-electron chi connectivity index (χ3n) is 3.96. The lowest BCUT2D eigenvalue weighted by Crippen LogP contribution is -2.17. The topological polar surface area (TPSA) is 72.2 Å². The first-order valence-electron chi connectivity index (χ1n) is 7.59. The molecule has 0 aliphatic heterocycles. The van der Waals surface area contributed by atoms with Crippen LogP contribution in [0.4, 0.5) is 11.4 Å². The van der Waals surface area contributed by atoms with Gasteiger partial charge in [0.15, 0.2) is 0 Å². The molecule has 0 radical (unpaired) electrons. The quantitative estimate of drug-likeness (QED) is 0.794. The van der Waals surface area contributed by atoms with Gasteiger partial charge in [-0.15, -0.1) is 0 Å². The van der Waals surface area contributed by atoms with E-state index < -0.39 is 10.8 Å². The fraction of sp³-hybridized carbons (Fsp3) is 0.562. The number of anilines is 2. The molecule has 1 fully saturated rings. The van der Waals surface area contributed by atoms with Gasteiger partial charge < -0.3 is 11.1 Å². The minimum Gasteiger partial charge on any atom is -0.399 e. The summed E-state index contributed by atoms with van der Waals surface area (Å²) in [5, 5.41) is 3.24. The molecular weight excluding hydrogens is 284 g/mol. The largest absolute Gasteiger partial charge is 0.399 e. The molecule has 116 valence electrons. The Balaban J connectivity index is 1.74. The van der Waals surface area contributed by atoms with Gasteiger partial charge in [0.05, 0.1) is 0 Å². The van der Waals surface area contributed by atoms with Crippen molar-refractivity contribution in [3.05, 3.63) is 23.8 Å². The van der Waals surface area contributed by atoms with E-state index in [9.17, 15) is 9.00 Å². The van der Waals surface area contributed by atoms with E-state index in [0.717, 1.165) is 24.1 Å². The van der Waals surface area contributed by atoms with Crippen LogP contribution in [0.3, 0.4) is 0 Å². The predicted octanol–water partition coefficient (Wildman–Crippen LogP) is 2.99. The van der Waals surface area contributed by atoms with E-state index in [-0.39, 0.29) is 5.91 Å². The molecular formula is C16H24N2O2S. The van der Waals surface area contributed by atoms with Crippen molar-refractivity contribution in [3.8, 4) is 0 Å². The average Bonchev–Trinajstić information content (AvgIpc) is 2.97. The van der Waals surface area contributed by atoms with Gasteiger partial charge in [0.1, 0.15) is 0 Å². The van der Waals surface area contributed by atoms with Crippen LogP contribution in [-0.4, -0.2) is 21.1 Å². The number of aryl methyl sites for hydroxylation is 1. The summed E-state index contributed by atoms with van der Waals surface area (Å²) in [6.45, 7) is 1.93. The van der Waals surface area contributed by atoms with Crippen LogP contribution in [-0.2, 0) is 15.6 Å². The molecule has 0 aromatic heterocycles. The second-order valence-electron chi connectivity index (χ2n) is 5.72. The number of carbonyl (C=O) groups excluding carboxylic acids is 1. The van der Waals surface area contributed by atoms with Gasteiger partial charge in [0, 0.05) is 39.6 Å². The molecule has 1 aliphatic carbocycles. The van der Waals surface area contributed by atoms with Crippen LogP contribution in [0.1, 0.15) is 44.1 Å². The molecule has 1 atom stereocenters. The van der Waals surface area contributed by atoms with Crippen molar-refractivity contribution in [1.82, 2.24) is 0 Å². The number of benzene rings is 1. The van der Waals surface area contributed by atoms with Crippen molar-refractivity contribution in [2.24, 2.45) is 0 Å². The van der Waals surface area contributed by atoms with Crippen molar-refractivity contribution in [1.29, 1.82) is 0 Å². The number of amides is 1. The molecule has 1 aromatic rings. The molecule has 1 amide bonds. The van der Waals surface area contributed by atoms with E-state index in [1.807, 2.05) is 19.1 Å². The highest BCUT2D eigenvalue weighted by molar-refractivity contribution is 7.85. The van der Waals surface area contributed by atoms with Crippen LogP contribution in [0, 0.1) is 6.92 Å². The molecule has 1 unspecified atom stereocenters. The number of nitrogen functional groups attached to an aromatic ring is 1. The molecule has 3 N–H and O–H groups in total. The van der Waals surface area contributed by atoms with Crippen LogP contribution in [0.5, 0.6) is 0 Å². The Labute approximate surface area is 129 Å². The smallest absolute Gasteiger partial charge is 0.224 e. The zero-order chi connectivity index (χ0) is 15.2. The van der Waals surface area contributed by atoms with E-state index in [2.05, 4.69) is 5.32 Å². The molecule has 4 nitrogen and oxygen atoms in total. The van der Waals surface area contributed by atoms with Crippen molar-refractivity contribution in [2.45, 2.75) is 50.7 Å². The van der Waals surface area contributed by atoms with Crippen LogP contribution in [0.15, 0.2) is 18.2 Å². The van der Waals surface area contributed by atoms with Gasteiger partial charge in [0.2, 0.25) is 5.91 Å². The summed E-state index contributed by atoms with van der Waals surface area (Å²) < 4.78 is 12.0. The van der Waals surface area contributed by atoms with Crippen LogP contribution < -0.4 is 11.1 Å². The highest BCUT2D eigenvalue weighted by Crippen LogP contribution is 2.23. The third kappa shape index (κ3) is 4.84. The van der Waals surface area contributed by atoms with E-state index in [1.165, 1.54) is 12.8 Å². The Morgan fingerprint density at radius 2 is 2.10 bits per heavy atom. The SMILES string of the molecule is Cc1ccc(N)cc1NC(=O)CCCS(=O)C1CCCC1. The fourth-order valence-electron chi connectivity index (χ4n) is 2.68. The normalized spacial score (nSPS) is 16.8. The second-order valence-corrected chi connectivity index (χ2v) is 7.55. The maximum Gasteiger partial charge on any atom is 0.224 e. The minimum atomic E-state index is -0.766. The summed E-state index contributed by atoms with van der Waals surface area (Å²) in [5.74, 6) is 0.598. The second kappa shape index (κ2) is 7.59. The third-order valence-corrected chi connectivity index (χ3v) is 5.87. The van der Waals surface area contributed by atoms with Crippen LogP contribution in [0.2, 0.25) is 0 Å². The average molecular weight is 308 g/mol. The van der Waals surface area contributed by atoms with E-state index in [4.69, 9.17) is 5.73 Å². The van der Waals surface area contributed by atoms with Gasteiger partial charge in [-0.05, 0) is 43.9 Å². The van der Waals surface area contributed by atoms with E-state index in [0.29, 0.717) is 29.5 Å². The van der Waals surface area contributed by atoms with Gasteiger partial charge >= 0.3 is 0 Å². The fourth-order valence-corrected chi connectivity index (χ4v) is 4.30. The predicted molar refractivity (Wildman–Crippen MR) is 88.7 cm³/mol. The van der Waals surface area contributed by atoms with Crippen LogP contribution in [0.25, 0.3) is 0 Å². The van der Waals surface area contributed by atoms with E-state index >= 15 is 0 Å². The van der Waals surface area contributed by atoms with Crippen molar-refractivity contribution < 1.29 is 9.00 Å². The van der Waals surface area contributed by atoms with Gasteiger partial charge in [0.25, 0.3) is 0 Å². The molecule has 2 rings (SSSR count). The molecule has 0 spiro atoms. The molecule has 21 heavy (non-hydrogen) atoms. The van der Waals surface area contributed by atoms with Gasteiger partial charge in [-0.25, -0.2) is 0 Å². The molecule has 0 saturated heterocycles.